The van der Waals surface area contributed by atoms with E-state index in [9.17, 15) is 4.79 Å². The summed E-state index contributed by atoms with van der Waals surface area (Å²) < 4.78 is 11.5. The number of fused-ring (bicyclic) bond motifs is 1. The predicted molar refractivity (Wildman–Crippen MR) is 135 cm³/mol. The van der Waals surface area contributed by atoms with Crippen molar-refractivity contribution < 1.29 is 14.3 Å². The Morgan fingerprint density at radius 2 is 1.82 bits per heavy atom. The highest BCUT2D eigenvalue weighted by atomic mass is 32.2. The molecule has 4 rings (SSSR count). The summed E-state index contributed by atoms with van der Waals surface area (Å²) in [5, 5.41) is 0.678. The number of benzene rings is 2. The molecule has 4 aromatic rings. The summed E-state index contributed by atoms with van der Waals surface area (Å²) in [7, 11) is 3.30. The van der Waals surface area contributed by atoms with Crippen LogP contribution in [0.2, 0.25) is 0 Å². The van der Waals surface area contributed by atoms with Gasteiger partial charge in [0.2, 0.25) is 5.91 Å². The summed E-state index contributed by atoms with van der Waals surface area (Å²) in [5.74, 6) is 2.51. The number of thiazole rings is 1. The third-order valence-corrected chi connectivity index (χ3v) is 7.17. The molecule has 0 aliphatic carbocycles. The van der Waals surface area contributed by atoms with Crippen LogP contribution in [0, 0.1) is 0 Å². The van der Waals surface area contributed by atoms with E-state index in [1.807, 2.05) is 60.7 Å². The van der Waals surface area contributed by atoms with Gasteiger partial charge in [0.15, 0.2) is 5.13 Å². The third-order valence-electron chi connectivity index (χ3n) is 5.03. The molecule has 0 N–H and O–H groups in total. The van der Waals surface area contributed by atoms with Crippen molar-refractivity contribution in [3.63, 3.8) is 0 Å². The summed E-state index contributed by atoms with van der Waals surface area (Å²) in [6, 6.07) is 19.4. The van der Waals surface area contributed by atoms with Gasteiger partial charge in [-0.15, -0.1) is 11.8 Å². The minimum absolute atomic E-state index is 0.0435. The van der Waals surface area contributed by atoms with Crippen molar-refractivity contribution in [2.45, 2.75) is 24.3 Å². The van der Waals surface area contributed by atoms with Crippen LogP contribution >= 0.6 is 23.1 Å². The number of hydrogen-bond donors (Lipinski definition) is 0. The normalized spacial score (nSPS) is 10.8. The van der Waals surface area contributed by atoms with Gasteiger partial charge < -0.3 is 9.47 Å². The fourth-order valence-corrected chi connectivity index (χ4v) is 5.14. The highest BCUT2D eigenvalue weighted by Crippen LogP contribution is 2.32. The largest absolute Gasteiger partial charge is 0.497 e. The fourth-order valence-electron chi connectivity index (χ4n) is 3.27. The third kappa shape index (κ3) is 6.03. The van der Waals surface area contributed by atoms with Gasteiger partial charge in [-0.25, -0.2) is 4.98 Å². The maximum Gasteiger partial charge on any atom is 0.229 e. The zero-order chi connectivity index (χ0) is 23.0. The summed E-state index contributed by atoms with van der Waals surface area (Å²) in [6.07, 6.45) is 2.95. The van der Waals surface area contributed by atoms with E-state index in [1.54, 1.807) is 37.1 Å². The first-order valence-corrected chi connectivity index (χ1v) is 12.4. The van der Waals surface area contributed by atoms with Crippen molar-refractivity contribution in [3.8, 4) is 11.5 Å². The van der Waals surface area contributed by atoms with E-state index in [1.165, 1.54) is 11.3 Å². The van der Waals surface area contributed by atoms with Crippen LogP contribution in [0.4, 0.5) is 5.13 Å². The number of thioether (sulfide) groups is 1. The molecule has 0 atom stereocenters. The molecule has 6 nitrogen and oxygen atoms in total. The average Bonchev–Trinajstić information content (AvgIpc) is 3.29. The van der Waals surface area contributed by atoms with Crippen LogP contribution < -0.4 is 14.4 Å². The molecule has 2 heterocycles. The molecule has 0 spiro atoms. The van der Waals surface area contributed by atoms with E-state index in [2.05, 4.69) is 4.98 Å². The lowest BCUT2D eigenvalue weighted by molar-refractivity contribution is -0.118. The van der Waals surface area contributed by atoms with Gasteiger partial charge in [-0.3, -0.25) is 14.7 Å². The first-order chi connectivity index (χ1) is 16.2. The number of pyridine rings is 1. The number of ether oxygens (including phenoxy) is 2. The molecule has 0 unspecified atom stereocenters. The van der Waals surface area contributed by atoms with E-state index in [0.717, 1.165) is 44.5 Å². The lowest BCUT2D eigenvalue weighted by atomic mass is 10.2. The van der Waals surface area contributed by atoms with E-state index in [0.29, 0.717) is 18.1 Å². The smallest absolute Gasteiger partial charge is 0.229 e. The zero-order valence-electron chi connectivity index (χ0n) is 18.6. The number of nitrogens with zero attached hydrogens (tertiary/aromatic N) is 3. The number of hydrogen-bond acceptors (Lipinski definition) is 7. The van der Waals surface area contributed by atoms with Crippen molar-refractivity contribution >= 4 is 44.4 Å². The molecule has 8 heteroatoms. The first kappa shape index (κ1) is 23.1. The summed E-state index contributed by atoms with van der Waals surface area (Å²) in [6.45, 7) is 0.391. The van der Waals surface area contributed by atoms with Crippen LogP contribution in [0.15, 0.2) is 71.8 Å². The van der Waals surface area contributed by atoms with Gasteiger partial charge in [-0.2, -0.15) is 0 Å². The van der Waals surface area contributed by atoms with Crippen LogP contribution in [-0.4, -0.2) is 35.8 Å². The standard InChI is InChI=1S/C25H25N3O3S2/c1-30-19-8-11-21(12-9-19)32-15-5-7-24(29)28(17-18-6-3-4-14-26-18)25-27-22-13-10-20(31-2)16-23(22)33-25/h3-4,6,8-14,16H,5,7,15,17H2,1-2H3. The molecule has 170 valence electrons. The number of rotatable bonds is 10. The maximum atomic E-state index is 13.3. The molecular weight excluding hydrogens is 454 g/mol. The summed E-state index contributed by atoms with van der Waals surface area (Å²) in [4.78, 5) is 25.3. The number of methoxy groups -OCH3 is 2. The Morgan fingerprint density at radius 3 is 2.55 bits per heavy atom. The molecule has 1 amide bonds. The Bertz CT molecular complexity index is 1200. The predicted octanol–water partition coefficient (Wildman–Crippen LogP) is 5.81. The average molecular weight is 480 g/mol. The Kier molecular flexibility index (Phi) is 7.80. The van der Waals surface area contributed by atoms with Gasteiger partial charge in [0.05, 0.1) is 36.7 Å². The van der Waals surface area contributed by atoms with Gasteiger partial charge in [-0.05, 0) is 66.8 Å². The first-order valence-electron chi connectivity index (χ1n) is 10.6. The Balaban J connectivity index is 1.45. The minimum Gasteiger partial charge on any atom is -0.497 e. The number of anilines is 1. The van der Waals surface area contributed by atoms with Crippen molar-refractivity contribution in [2.75, 3.05) is 24.9 Å². The second kappa shape index (κ2) is 11.2. The minimum atomic E-state index is 0.0435. The summed E-state index contributed by atoms with van der Waals surface area (Å²) in [5.41, 5.74) is 1.68. The summed E-state index contributed by atoms with van der Waals surface area (Å²) >= 11 is 3.23. The van der Waals surface area contributed by atoms with E-state index >= 15 is 0 Å². The molecule has 0 fully saturated rings. The highest BCUT2D eigenvalue weighted by Gasteiger charge is 2.20. The van der Waals surface area contributed by atoms with E-state index in [4.69, 9.17) is 14.5 Å². The molecule has 0 radical (unpaired) electrons. The van der Waals surface area contributed by atoms with Crippen molar-refractivity contribution in [3.05, 3.63) is 72.6 Å². The SMILES string of the molecule is COc1ccc(SCCCC(=O)N(Cc2ccccn2)c2nc3ccc(OC)cc3s2)cc1. The molecule has 2 aromatic heterocycles. The second-order valence-electron chi connectivity index (χ2n) is 7.26. The van der Waals surface area contributed by atoms with Gasteiger partial charge in [-0.1, -0.05) is 17.4 Å². The second-order valence-corrected chi connectivity index (χ2v) is 9.44. The Labute approximate surface area is 201 Å². The number of amides is 1. The molecule has 0 bridgehead atoms. The van der Waals surface area contributed by atoms with Crippen LogP contribution in [0.5, 0.6) is 11.5 Å². The number of carbonyl (C=O) groups excluding carboxylic acids is 1. The van der Waals surface area contributed by atoms with Crippen molar-refractivity contribution in [1.29, 1.82) is 0 Å². The highest BCUT2D eigenvalue weighted by molar-refractivity contribution is 7.99. The molecule has 0 aliphatic heterocycles. The fraction of sp³-hybridized carbons (Fsp3) is 0.240. The molecule has 0 aliphatic rings. The van der Waals surface area contributed by atoms with Crippen molar-refractivity contribution in [1.82, 2.24) is 9.97 Å². The number of aromatic nitrogens is 2. The maximum absolute atomic E-state index is 13.3. The van der Waals surface area contributed by atoms with Crippen LogP contribution in [0.1, 0.15) is 18.5 Å². The van der Waals surface area contributed by atoms with Gasteiger partial charge in [0, 0.05) is 17.5 Å². The molecule has 0 saturated carbocycles. The number of carbonyl (C=O) groups is 1. The van der Waals surface area contributed by atoms with Gasteiger partial charge in [0.25, 0.3) is 0 Å². The molecular formula is C25H25N3O3S2. The monoisotopic (exact) mass is 479 g/mol. The molecule has 0 saturated heterocycles. The van der Waals surface area contributed by atoms with Gasteiger partial charge in [0.1, 0.15) is 11.5 Å². The quantitative estimate of drug-likeness (QED) is 0.211. The Hall–Kier alpha value is -3.10. The zero-order valence-corrected chi connectivity index (χ0v) is 20.2. The van der Waals surface area contributed by atoms with E-state index in [-0.39, 0.29) is 5.91 Å². The molecule has 2 aromatic carbocycles. The lowest BCUT2D eigenvalue weighted by Crippen LogP contribution is -2.30. The van der Waals surface area contributed by atoms with Crippen molar-refractivity contribution in [2.24, 2.45) is 0 Å². The molecule has 33 heavy (non-hydrogen) atoms. The Morgan fingerprint density at radius 1 is 1.03 bits per heavy atom. The van der Waals surface area contributed by atoms with E-state index < -0.39 is 0 Å². The van der Waals surface area contributed by atoms with Gasteiger partial charge >= 0.3 is 0 Å². The van der Waals surface area contributed by atoms with Crippen LogP contribution in [-0.2, 0) is 11.3 Å². The lowest BCUT2D eigenvalue weighted by Gasteiger charge is -2.19. The van der Waals surface area contributed by atoms with Crippen LogP contribution in [0.3, 0.4) is 0 Å². The topological polar surface area (TPSA) is 64.5 Å². The van der Waals surface area contributed by atoms with Crippen LogP contribution in [0.25, 0.3) is 10.2 Å².